The largest absolute Gasteiger partial charge is 0.496 e. The first kappa shape index (κ1) is 115. The van der Waals surface area contributed by atoms with Crippen LogP contribution in [-0.2, 0) is 25.1 Å². The van der Waals surface area contributed by atoms with Gasteiger partial charge >= 0.3 is 0 Å². The first-order valence-corrected chi connectivity index (χ1v) is 52.6. The van der Waals surface area contributed by atoms with Gasteiger partial charge in [0.05, 0.1) is 45.0 Å². The van der Waals surface area contributed by atoms with E-state index in [0.29, 0.717) is 94.7 Å². The van der Waals surface area contributed by atoms with Crippen molar-refractivity contribution in [1.82, 2.24) is 4.31 Å². The fourth-order valence-electron chi connectivity index (χ4n) is 14.9. The lowest BCUT2D eigenvalue weighted by molar-refractivity contribution is -0.0229. The predicted octanol–water partition coefficient (Wildman–Crippen LogP) is 32.5. The molecule has 0 spiro atoms. The summed E-state index contributed by atoms with van der Waals surface area (Å²) < 4.78 is 95.8. The Bertz CT molecular complexity index is 5120. The van der Waals surface area contributed by atoms with Gasteiger partial charge in [0.15, 0.2) is 6.61 Å². The zero-order valence-electron chi connectivity index (χ0n) is 87.4. The molecule has 1 atom stereocenters. The van der Waals surface area contributed by atoms with Crippen molar-refractivity contribution in [2.75, 3.05) is 60.5 Å². The smallest absolute Gasteiger partial charge is 0.278 e. The van der Waals surface area contributed by atoms with Crippen LogP contribution in [0.4, 0.5) is 8.78 Å². The molecule has 0 aromatic heterocycles. The number of aryl methyl sites for hydroxylation is 2. The van der Waals surface area contributed by atoms with Crippen molar-refractivity contribution in [3.8, 4) is 45.6 Å². The number of sulfonamides is 1. The quantitative estimate of drug-likeness (QED) is 0.0497. The van der Waals surface area contributed by atoms with Gasteiger partial charge < -0.3 is 33.5 Å². The Morgan fingerprint density at radius 3 is 1.12 bits per heavy atom. The molecular weight excluding hydrogens is 1710 g/mol. The minimum atomic E-state index is -3.29. The second-order valence-electron chi connectivity index (χ2n) is 40.2. The SMILES string of the molecule is C=S(C)(=O)c1cc(C(C)C)ccc1C(C)C.CC(C)COc1ccc(C(C)C)cc1.CC(C)c1ccc(C2(O)CCCC2)cc1.CC(C)c1ccc(OCC(C)(F)F)cc1.CC(C)c1ccc(OCC2CC2)cc1.CC1CCN(S(=O)(=O)c2ccc(C(C)C)cc2)CC1.COc1ccc(C(C)C)cc1-c1ccccc1.COc1ccc(C(C)C)cc1C.COc1ccc(C(C)C)cc1C. The van der Waals surface area contributed by atoms with Crippen LogP contribution in [0.25, 0.3) is 11.1 Å². The third kappa shape index (κ3) is 40.2. The number of piperidine rings is 1. The number of nitrogens with zero attached hydrogens (tertiary/aromatic N) is 1. The molecule has 0 amide bonds. The molecule has 1 unspecified atom stereocenters. The average Bonchev–Trinajstić information content (AvgIpc) is 1.08. The van der Waals surface area contributed by atoms with Crippen LogP contribution in [0.15, 0.2) is 234 Å². The Hall–Kier alpha value is -9.25. The van der Waals surface area contributed by atoms with Gasteiger partial charge in [0.25, 0.3) is 5.92 Å². The maximum absolute atomic E-state index is 12.5. The highest BCUT2D eigenvalue weighted by Gasteiger charge is 2.33. The second-order valence-corrected chi connectivity index (χ2v) is 44.6. The second kappa shape index (κ2) is 56.4. The van der Waals surface area contributed by atoms with Gasteiger partial charge in [0, 0.05) is 36.7 Å². The Kier molecular flexibility index (Phi) is 48.5. The van der Waals surface area contributed by atoms with E-state index >= 15 is 0 Å². The molecule has 13 rings (SSSR count). The number of methoxy groups -OCH3 is 3. The highest BCUT2D eigenvalue weighted by atomic mass is 32.2. The number of halogens is 2. The van der Waals surface area contributed by atoms with Crippen molar-refractivity contribution < 1.29 is 54.9 Å². The van der Waals surface area contributed by atoms with E-state index in [1.165, 1.54) is 85.2 Å². The maximum Gasteiger partial charge on any atom is 0.278 e. The lowest BCUT2D eigenvalue weighted by atomic mass is 9.90. The lowest BCUT2D eigenvalue weighted by Gasteiger charge is -2.29. The summed E-state index contributed by atoms with van der Waals surface area (Å²) in [6.07, 6.45) is 10.5. The summed E-state index contributed by atoms with van der Waals surface area (Å²) in [7, 11) is -0.299. The Labute approximate surface area is 811 Å². The molecule has 0 bridgehead atoms. The number of hydrogen-bond donors (Lipinski definition) is 1. The summed E-state index contributed by atoms with van der Waals surface area (Å²) in [5.74, 6) is 13.6. The molecule has 1 heterocycles. The van der Waals surface area contributed by atoms with Crippen molar-refractivity contribution in [2.24, 2.45) is 17.8 Å². The standard InChI is InChI=1S/C16H18O.C15H23NO2S.C14H22OS.C14H20O.C13H18O.C13H20O.C12H16F2O.2C11H16O/c1-12(2)14-9-10-16(17-3)15(11-14)13-7-5-4-6-8-13;1-12(2)14-4-6-15(7-5-14)19(17,18)16-10-8-13(3)9-11-16;1-10(2)12-7-8-13(11(3)4)14(9-12)16(5,6)15;1-11(2)12-5-7-13(8-6-12)14(15)9-3-4-10-14;1-10(2)12-5-7-13(8-6-12)14-9-11-3-4-11;1-10(2)9-14-13-7-5-12(6-8-13)11(3)4;1-9(2)10-4-6-11(7-5-10)15-8-12(3,13)14;2*1-8(2)10-5-6-11(12-4)9(3)7-10/h4-12H,1-3H3;4-7,12-13H,8-11H2,1-3H3;7-11H,5H2,1-4,6H3;5-8,11,15H,3-4,9-10H2,1-2H3;5-8,10-11H,3-4,9H2,1-2H3;5-8,10-11H,9H2,1-4H3;4-7,9H,8H2,1-3H3;2*5-8H,1-4H3. The number of alkyl halides is 2. The first-order valence-electron chi connectivity index (χ1n) is 49.0. The third-order valence-electron chi connectivity index (χ3n) is 24.3. The zero-order valence-corrected chi connectivity index (χ0v) is 89.0. The third-order valence-corrected chi connectivity index (χ3v) is 27.5. The monoisotopic (exact) mass is 1870 g/mol. The van der Waals surface area contributed by atoms with Gasteiger partial charge in [-0.25, -0.2) is 17.2 Å². The lowest BCUT2D eigenvalue weighted by Crippen LogP contribution is -2.37. The van der Waals surface area contributed by atoms with E-state index in [9.17, 15) is 26.5 Å². The van der Waals surface area contributed by atoms with Gasteiger partial charge in [0.1, 0.15) is 34.5 Å². The molecule has 134 heavy (non-hydrogen) atoms. The van der Waals surface area contributed by atoms with E-state index in [0.717, 1.165) is 109 Å². The van der Waals surface area contributed by atoms with Gasteiger partial charge in [-0.2, -0.15) is 4.31 Å². The van der Waals surface area contributed by atoms with Crippen LogP contribution in [-0.4, -0.2) is 94.3 Å². The van der Waals surface area contributed by atoms with Crippen LogP contribution in [0.5, 0.6) is 34.5 Å². The van der Waals surface area contributed by atoms with Crippen molar-refractivity contribution in [1.29, 1.82) is 0 Å². The molecule has 3 aliphatic rings. The molecule has 1 N–H and O–H groups in total. The van der Waals surface area contributed by atoms with Crippen molar-refractivity contribution >= 4 is 25.4 Å². The minimum absolute atomic E-state index is 0.388. The highest BCUT2D eigenvalue weighted by molar-refractivity contribution is 7.99. The molecule has 1 aliphatic heterocycles. The van der Waals surface area contributed by atoms with Crippen molar-refractivity contribution in [3.05, 3.63) is 297 Å². The fraction of sp³-hybridized carbons (Fsp3) is 0.487. The number of aliphatic hydroxyl groups is 1. The first-order chi connectivity index (χ1) is 63.0. The predicted molar refractivity (Wildman–Crippen MR) is 567 cm³/mol. The van der Waals surface area contributed by atoms with Crippen LogP contribution in [0.3, 0.4) is 0 Å². The topological polar surface area (TPSA) is 130 Å². The van der Waals surface area contributed by atoms with Gasteiger partial charge in [0.2, 0.25) is 10.0 Å². The average molecular weight is 1880 g/mol. The summed E-state index contributed by atoms with van der Waals surface area (Å²) in [6.45, 7) is 57.2. The van der Waals surface area contributed by atoms with Crippen molar-refractivity contribution in [2.45, 2.75) is 312 Å². The van der Waals surface area contributed by atoms with E-state index in [1.807, 2.05) is 42.5 Å². The maximum atomic E-state index is 12.5. The molecule has 736 valence electrons. The fourth-order valence-corrected chi connectivity index (χ4v) is 17.5. The minimum Gasteiger partial charge on any atom is -0.496 e. The van der Waals surface area contributed by atoms with Crippen LogP contribution in [0, 0.1) is 31.6 Å². The molecule has 1 saturated heterocycles. The molecule has 10 aromatic rings. The molecule has 15 heteroatoms. The molecule has 10 aromatic carbocycles. The summed E-state index contributed by atoms with van der Waals surface area (Å²) >= 11 is 0. The Morgan fingerprint density at radius 2 is 0.769 bits per heavy atom. The van der Waals surface area contributed by atoms with E-state index in [1.54, 1.807) is 56.2 Å². The number of rotatable bonds is 27. The van der Waals surface area contributed by atoms with Crippen LogP contribution >= 0.6 is 0 Å². The van der Waals surface area contributed by atoms with Gasteiger partial charge in [-0.3, -0.25) is 4.21 Å². The number of hydrogen-bond acceptors (Lipinski definition) is 10. The summed E-state index contributed by atoms with van der Waals surface area (Å²) in [6, 6.07) is 75.7. The van der Waals surface area contributed by atoms with Gasteiger partial charge in [-0.1, -0.05) is 318 Å². The molecule has 11 nitrogen and oxygen atoms in total. The molecular formula is C119H169F2NO10S2. The van der Waals surface area contributed by atoms with Gasteiger partial charge in [-0.05, 0) is 301 Å². The van der Waals surface area contributed by atoms with Gasteiger partial charge in [-0.15, -0.1) is 0 Å². The summed E-state index contributed by atoms with van der Waals surface area (Å²) in [5.41, 5.74) is 18.3. The molecule has 3 fully saturated rings. The normalized spacial score (nSPS) is 14.1. The van der Waals surface area contributed by atoms with E-state index < -0.39 is 37.7 Å². The van der Waals surface area contributed by atoms with Crippen LogP contribution in [0.1, 0.15) is 349 Å². The molecule has 2 aliphatic carbocycles. The molecule has 0 radical (unpaired) electrons. The van der Waals surface area contributed by atoms with E-state index in [-0.39, 0.29) is 0 Å². The Balaban J connectivity index is 0.000000267. The summed E-state index contributed by atoms with van der Waals surface area (Å²) in [5, 5.41) is 10.4. The molecule has 2 saturated carbocycles. The zero-order chi connectivity index (χ0) is 100.0. The highest BCUT2D eigenvalue weighted by Crippen LogP contribution is 2.40. The Morgan fingerprint density at radius 1 is 0.425 bits per heavy atom. The number of benzene rings is 10. The van der Waals surface area contributed by atoms with Crippen LogP contribution in [0.2, 0.25) is 0 Å². The van der Waals surface area contributed by atoms with Crippen molar-refractivity contribution in [3.63, 3.8) is 0 Å². The van der Waals surface area contributed by atoms with E-state index in [4.69, 9.17) is 28.4 Å². The van der Waals surface area contributed by atoms with Crippen LogP contribution < -0.4 is 28.4 Å². The summed E-state index contributed by atoms with van der Waals surface area (Å²) in [4.78, 5) is 1.35. The van der Waals surface area contributed by atoms with E-state index in [2.05, 4.69) is 337 Å². The number of ether oxygens (including phenoxy) is 6.